The van der Waals surface area contributed by atoms with Crippen LogP contribution in [0.15, 0.2) is 35.5 Å². The molecule has 0 saturated carbocycles. The van der Waals surface area contributed by atoms with E-state index in [0.717, 1.165) is 16.4 Å². The first kappa shape index (κ1) is 15.3. The summed E-state index contributed by atoms with van der Waals surface area (Å²) in [6.07, 6.45) is 1.89. The Balaban J connectivity index is 1.91. The molecule has 0 spiro atoms. The van der Waals surface area contributed by atoms with Crippen LogP contribution in [-0.4, -0.2) is 24.6 Å². The van der Waals surface area contributed by atoms with E-state index in [-0.39, 0.29) is 5.92 Å². The van der Waals surface area contributed by atoms with E-state index in [1.54, 1.807) is 18.4 Å². The molecule has 1 aromatic heterocycles. The van der Waals surface area contributed by atoms with Crippen molar-refractivity contribution in [3.8, 4) is 5.75 Å². The summed E-state index contributed by atoms with van der Waals surface area (Å²) < 4.78 is 5.11. The van der Waals surface area contributed by atoms with Gasteiger partial charge in [0.15, 0.2) is 5.96 Å². The number of methoxy groups -OCH3 is 1. The van der Waals surface area contributed by atoms with Crippen LogP contribution in [0.4, 0.5) is 5.69 Å². The molecule has 0 aliphatic carbocycles. The summed E-state index contributed by atoms with van der Waals surface area (Å²) in [5.41, 5.74) is 6.78. The van der Waals surface area contributed by atoms with Crippen LogP contribution in [0.3, 0.4) is 0 Å². The molecule has 2 rings (SSSR count). The van der Waals surface area contributed by atoms with Crippen LogP contribution >= 0.6 is 11.3 Å². The molecule has 0 fully saturated rings. The van der Waals surface area contributed by atoms with E-state index in [0.29, 0.717) is 12.5 Å². The Labute approximate surface area is 128 Å². The fourth-order valence-electron chi connectivity index (χ4n) is 1.78. The van der Waals surface area contributed by atoms with Crippen LogP contribution in [0, 0.1) is 6.92 Å². The van der Waals surface area contributed by atoms with Crippen LogP contribution in [-0.2, 0) is 0 Å². The van der Waals surface area contributed by atoms with E-state index in [1.165, 1.54) is 4.88 Å². The molecule has 0 radical (unpaired) electrons. The van der Waals surface area contributed by atoms with Crippen molar-refractivity contribution < 1.29 is 4.74 Å². The number of nitrogens with two attached hydrogens (primary N) is 1. The maximum atomic E-state index is 5.90. The van der Waals surface area contributed by atoms with Gasteiger partial charge in [0.05, 0.1) is 18.7 Å². The zero-order chi connectivity index (χ0) is 15.2. The number of rotatable bonds is 5. The van der Waals surface area contributed by atoms with E-state index < -0.39 is 0 Å². The summed E-state index contributed by atoms with van der Waals surface area (Å²) in [7, 11) is 1.64. The maximum absolute atomic E-state index is 5.90. The second kappa shape index (κ2) is 7.08. The minimum Gasteiger partial charge on any atom is -0.497 e. The summed E-state index contributed by atoms with van der Waals surface area (Å²) in [6, 6.07) is 7.54. The third-order valence-electron chi connectivity index (χ3n) is 2.96. The van der Waals surface area contributed by atoms with E-state index in [4.69, 9.17) is 10.5 Å². The minimum absolute atomic E-state index is 0.264. The van der Waals surface area contributed by atoms with Gasteiger partial charge in [0.1, 0.15) is 5.75 Å². The number of hydrogen-bond acceptors (Lipinski definition) is 4. The molecule has 5 nitrogen and oxygen atoms in total. The molecule has 0 aliphatic rings. The average molecular weight is 304 g/mol. The first-order valence-corrected chi connectivity index (χ1v) is 7.53. The van der Waals surface area contributed by atoms with Gasteiger partial charge in [-0.2, -0.15) is 0 Å². The van der Waals surface area contributed by atoms with Crippen molar-refractivity contribution in [2.24, 2.45) is 10.7 Å². The number of aromatic nitrogens is 1. The lowest BCUT2D eigenvalue weighted by atomic mass is 10.2. The summed E-state index contributed by atoms with van der Waals surface area (Å²) in [4.78, 5) is 9.95. The van der Waals surface area contributed by atoms with Crippen LogP contribution in [0.5, 0.6) is 5.75 Å². The smallest absolute Gasteiger partial charge is 0.193 e. The van der Waals surface area contributed by atoms with Crippen LogP contribution < -0.4 is 15.8 Å². The molecule has 112 valence electrons. The average Bonchev–Trinajstić information content (AvgIpc) is 2.92. The number of nitrogens with one attached hydrogen (secondary N) is 1. The minimum atomic E-state index is 0.264. The van der Waals surface area contributed by atoms with Crippen LogP contribution in [0.25, 0.3) is 0 Å². The van der Waals surface area contributed by atoms with E-state index >= 15 is 0 Å². The van der Waals surface area contributed by atoms with Crippen LogP contribution in [0.1, 0.15) is 22.7 Å². The molecular weight excluding hydrogens is 284 g/mol. The SMILES string of the molecule is COc1ccc(NC(N)=NCC(C)c2ncc(C)s2)cc1. The summed E-state index contributed by atoms with van der Waals surface area (Å²) in [5.74, 6) is 1.48. The highest BCUT2D eigenvalue weighted by Gasteiger charge is 2.09. The molecular formula is C15H20N4OS. The normalized spacial score (nSPS) is 13.0. The Hall–Kier alpha value is -2.08. The second-order valence-electron chi connectivity index (χ2n) is 4.79. The van der Waals surface area contributed by atoms with Gasteiger partial charge in [-0.25, -0.2) is 4.98 Å². The van der Waals surface area contributed by atoms with Gasteiger partial charge < -0.3 is 15.8 Å². The van der Waals surface area contributed by atoms with Gasteiger partial charge in [0.25, 0.3) is 0 Å². The number of guanidine groups is 1. The monoisotopic (exact) mass is 304 g/mol. The molecule has 3 N–H and O–H groups in total. The predicted molar refractivity (Wildman–Crippen MR) is 88.4 cm³/mol. The fraction of sp³-hybridized carbons (Fsp3) is 0.333. The molecule has 1 aromatic carbocycles. The summed E-state index contributed by atoms with van der Waals surface area (Å²) in [6.45, 7) is 4.77. The Morgan fingerprint density at radius 3 is 2.71 bits per heavy atom. The summed E-state index contributed by atoms with van der Waals surface area (Å²) in [5, 5.41) is 4.15. The fourth-order valence-corrected chi connectivity index (χ4v) is 2.59. The molecule has 0 aliphatic heterocycles. The predicted octanol–water partition coefficient (Wildman–Crippen LogP) is 2.99. The highest BCUT2D eigenvalue weighted by Crippen LogP contribution is 2.21. The molecule has 1 atom stereocenters. The quantitative estimate of drug-likeness (QED) is 0.658. The zero-order valence-electron chi connectivity index (χ0n) is 12.5. The van der Waals surface area contributed by atoms with Crippen molar-refractivity contribution in [3.05, 3.63) is 40.3 Å². The number of hydrogen-bond donors (Lipinski definition) is 2. The van der Waals surface area contributed by atoms with Crippen molar-refractivity contribution in [2.45, 2.75) is 19.8 Å². The number of ether oxygens (including phenoxy) is 1. The topological polar surface area (TPSA) is 72.5 Å². The third kappa shape index (κ3) is 4.46. The Bertz CT molecular complexity index is 606. The molecule has 1 heterocycles. The molecule has 0 saturated heterocycles. The maximum Gasteiger partial charge on any atom is 0.193 e. The number of anilines is 1. The Morgan fingerprint density at radius 1 is 1.43 bits per heavy atom. The lowest BCUT2D eigenvalue weighted by Gasteiger charge is -2.08. The molecule has 6 heteroatoms. The highest BCUT2D eigenvalue weighted by atomic mass is 32.1. The van der Waals surface area contributed by atoms with Gasteiger partial charge >= 0.3 is 0 Å². The standard InChI is InChI=1S/C15H20N4OS/c1-10(14-17-9-11(2)21-14)8-18-15(16)19-12-4-6-13(20-3)7-5-12/h4-7,9-10H,8H2,1-3H3,(H3,16,18,19). The molecule has 21 heavy (non-hydrogen) atoms. The van der Waals surface area contributed by atoms with Crippen molar-refractivity contribution in [3.63, 3.8) is 0 Å². The lowest BCUT2D eigenvalue weighted by molar-refractivity contribution is 0.415. The van der Waals surface area contributed by atoms with Crippen molar-refractivity contribution in [2.75, 3.05) is 19.0 Å². The van der Waals surface area contributed by atoms with Gasteiger partial charge in [0.2, 0.25) is 0 Å². The Kier molecular flexibility index (Phi) is 5.16. The zero-order valence-corrected chi connectivity index (χ0v) is 13.3. The van der Waals surface area contributed by atoms with Crippen molar-refractivity contribution >= 4 is 23.0 Å². The number of thiazole rings is 1. The van der Waals surface area contributed by atoms with Gasteiger partial charge in [-0.1, -0.05) is 6.92 Å². The lowest BCUT2D eigenvalue weighted by Crippen LogP contribution is -2.23. The molecule has 1 unspecified atom stereocenters. The number of benzene rings is 1. The number of aryl methyl sites for hydroxylation is 1. The van der Waals surface area contributed by atoms with Gasteiger partial charge in [-0.15, -0.1) is 11.3 Å². The van der Waals surface area contributed by atoms with Crippen molar-refractivity contribution in [1.29, 1.82) is 0 Å². The first-order chi connectivity index (χ1) is 10.1. The van der Waals surface area contributed by atoms with Crippen LogP contribution in [0.2, 0.25) is 0 Å². The number of aliphatic imine (C=N–C) groups is 1. The van der Waals surface area contributed by atoms with E-state index in [9.17, 15) is 0 Å². The third-order valence-corrected chi connectivity index (χ3v) is 4.10. The first-order valence-electron chi connectivity index (χ1n) is 6.72. The van der Waals surface area contributed by atoms with Gasteiger partial charge in [-0.05, 0) is 31.2 Å². The highest BCUT2D eigenvalue weighted by molar-refractivity contribution is 7.11. The van der Waals surface area contributed by atoms with E-state index in [1.807, 2.05) is 30.5 Å². The largest absolute Gasteiger partial charge is 0.497 e. The molecule has 0 amide bonds. The Morgan fingerprint density at radius 2 is 2.14 bits per heavy atom. The molecule has 2 aromatic rings. The summed E-state index contributed by atoms with van der Waals surface area (Å²) >= 11 is 1.70. The van der Waals surface area contributed by atoms with Gasteiger partial charge in [0, 0.05) is 22.7 Å². The van der Waals surface area contributed by atoms with E-state index in [2.05, 4.69) is 29.1 Å². The van der Waals surface area contributed by atoms with Crippen molar-refractivity contribution in [1.82, 2.24) is 4.98 Å². The molecule has 0 bridgehead atoms. The number of nitrogens with zero attached hydrogens (tertiary/aromatic N) is 2. The van der Waals surface area contributed by atoms with Gasteiger partial charge in [-0.3, -0.25) is 4.99 Å². The second-order valence-corrected chi connectivity index (χ2v) is 6.06.